The lowest BCUT2D eigenvalue weighted by Crippen LogP contribution is -2.36. The van der Waals surface area contributed by atoms with Gasteiger partial charge in [-0.05, 0) is 155 Å². The second-order valence-electron chi connectivity index (χ2n) is 17.3. The van der Waals surface area contributed by atoms with Gasteiger partial charge >= 0.3 is 0 Å². The van der Waals surface area contributed by atoms with E-state index in [1.807, 2.05) is 115 Å². The smallest absolute Gasteiger partial charge is 0.250 e. The van der Waals surface area contributed by atoms with Gasteiger partial charge in [0, 0.05) is 69.4 Å². The van der Waals surface area contributed by atoms with Gasteiger partial charge in [-0.25, -0.2) is 16.8 Å². The van der Waals surface area contributed by atoms with E-state index in [1.54, 1.807) is 18.2 Å². The molecule has 75 heavy (non-hydrogen) atoms. The predicted octanol–water partition coefficient (Wildman–Crippen LogP) is 10.5. The van der Waals surface area contributed by atoms with Crippen LogP contribution in [0.4, 0.5) is 0 Å². The highest BCUT2D eigenvalue weighted by molar-refractivity contribution is 8.13. The molecule has 0 saturated carbocycles. The number of pyridine rings is 2. The maximum atomic E-state index is 12.1. The number of benzene rings is 4. The van der Waals surface area contributed by atoms with E-state index in [9.17, 15) is 26.4 Å². The molecule has 5 N–H and O–H groups in total. The number of halogens is 2. The number of nitrogens with zero attached hydrogens (tertiary/aromatic N) is 4. The molecular formula is C56H67Cl2N7O8S2. The van der Waals surface area contributed by atoms with Crippen molar-refractivity contribution in [2.75, 3.05) is 57.4 Å². The van der Waals surface area contributed by atoms with Crippen molar-refractivity contribution in [2.24, 2.45) is 11.5 Å². The Hall–Kier alpha value is -6.18. The maximum absolute atomic E-state index is 12.1. The Morgan fingerprint density at radius 1 is 0.640 bits per heavy atom. The summed E-state index contributed by atoms with van der Waals surface area (Å²) >= 11 is 5.02. The van der Waals surface area contributed by atoms with Crippen molar-refractivity contribution in [3.8, 4) is 45.5 Å². The van der Waals surface area contributed by atoms with Crippen molar-refractivity contribution in [3.63, 3.8) is 0 Å². The zero-order chi connectivity index (χ0) is 54.4. The van der Waals surface area contributed by atoms with E-state index in [0.29, 0.717) is 60.1 Å². The average Bonchev–Trinajstić information content (AvgIpc) is 3.42. The maximum Gasteiger partial charge on any atom is 0.250 e. The first-order valence-corrected chi connectivity index (χ1v) is 29.3. The molecule has 19 heteroatoms. The van der Waals surface area contributed by atoms with Gasteiger partial charge < -0.3 is 31.2 Å². The summed E-state index contributed by atoms with van der Waals surface area (Å²) in [6.45, 7) is 16.3. The molecule has 4 heterocycles. The summed E-state index contributed by atoms with van der Waals surface area (Å²) in [5, 5.41) is 4.35. The zero-order valence-electron chi connectivity index (χ0n) is 42.6. The molecule has 400 valence electrons. The van der Waals surface area contributed by atoms with Crippen molar-refractivity contribution in [1.82, 2.24) is 24.5 Å². The third-order valence-corrected chi connectivity index (χ3v) is 15.5. The number of para-hydroxylation sites is 2. The van der Waals surface area contributed by atoms with Crippen molar-refractivity contribution in [1.29, 1.82) is 0 Å². The molecule has 4 aromatic carbocycles. The number of nitrogens with one attached hydrogen (secondary N) is 1. The molecule has 6 aromatic rings. The SMILES string of the molecule is C=CS(=O)(=O)N1CCC(c2ccc(C(N)=O)c(-c3ccc(Oc4ccccc4)cc3)n2)CC1.CCN(CC)CC.NC(=O)c1ccc(C2CCNCC2)nc1-c1ccc(Oc2ccccc2)cc1.O=S(=O)(Cl)CCCl. The Bertz CT molecular complexity index is 2970. The van der Waals surface area contributed by atoms with Gasteiger partial charge in [-0.2, -0.15) is 4.31 Å². The molecule has 0 aliphatic carbocycles. The molecule has 0 bridgehead atoms. The lowest BCUT2D eigenvalue weighted by atomic mass is 9.92. The van der Waals surface area contributed by atoms with Crippen molar-refractivity contribution in [3.05, 3.63) is 168 Å². The number of aromatic nitrogens is 2. The highest BCUT2D eigenvalue weighted by Crippen LogP contribution is 2.34. The molecule has 15 nitrogen and oxygen atoms in total. The van der Waals surface area contributed by atoms with Gasteiger partial charge in [0.25, 0.3) is 11.8 Å². The van der Waals surface area contributed by atoms with Gasteiger partial charge in [-0.1, -0.05) is 63.7 Å². The number of ether oxygens (including phenoxy) is 2. The van der Waals surface area contributed by atoms with Crippen LogP contribution in [0.5, 0.6) is 23.0 Å². The van der Waals surface area contributed by atoms with Gasteiger partial charge in [0.05, 0.1) is 28.3 Å². The molecule has 2 aromatic heterocycles. The molecular weight excluding hydrogens is 1030 g/mol. The first-order chi connectivity index (χ1) is 36.0. The van der Waals surface area contributed by atoms with E-state index in [4.69, 9.17) is 53.2 Å². The minimum absolute atomic E-state index is 0.0613. The number of carbonyl (C=O) groups excluding carboxylic acids is 2. The predicted molar refractivity (Wildman–Crippen MR) is 301 cm³/mol. The topological polar surface area (TPSA) is 217 Å². The fourth-order valence-electron chi connectivity index (χ4n) is 8.24. The number of piperidine rings is 2. The first-order valence-electron chi connectivity index (χ1n) is 24.8. The van der Waals surface area contributed by atoms with Crippen LogP contribution < -0.4 is 26.3 Å². The van der Waals surface area contributed by atoms with Crippen LogP contribution in [0.1, 0.15) is 90.4 Å². The van der Waals surface area contributed by atoms with Crippen LogP contribution in [-0.4, -0.2) is 105 Å². The second kappa shape index (κ2) is 29.8. The number of hydrogen-bond donors (Lipinski definition) is 3. The Morgan fingerprint density at radius 2 is 1.03 bits per heavy atom. The standard InChI is InChI=1S/C25H25N3O4S.C23H23N3O2.C6H15N.C2H4Cl2O2S/c1-2-33(30,31)28-16-14-18(15-17-28)23-13-12-22(25(26)29)24(27-23)19-8-10-21(11-9-19)32-20-6-4-3-5-7-20;24-23(27)20-10-11-21(16-12-14-25-15-13-16)26-22(20)17-6-8-19(9-7-17)28-18-4-2-1-3-5-18;1-4-7(5-2)6-3;3-1-2-7(4,5)6/h2-13,18H,1,14-17H2,(H2,26,29);1-11,16,25H,12-15H2,(H2,24,27);4-6H2,1-3H3;1-2H2. The van der Waals surface area contributed by atoms with Crippen molar-refractivity contribution in [2.45, 2.75) is 58.3 Å². The summed E-state index contributed by atoms with van der Waals surface area (Å²) in [4.78, 5) is 36.0. The Labute approximate surface area is 451 Å². The van der Waals surface area contributed by atoms with Gasteiger partial charge in [0.1, 0.15) is 23.0 Å². The lowest BCUT2D eigenvalue weighted by molar-refractivity contribution is 0.0992. The molecule has 0 atom stereocenters. The van der Waals surface area contributed by atoms with E-state index in [-0.39, 0.29) is 17.6 Å². The zero-order valence-corrected chi connectivity index (χ0v) is 45.8. The van der Waals surface area contributed by atoms with Crippen LogP contribution in [0, 0.1) is 0 Å². The third kappa shape index (κ3) is 18.9. The summed E-state index contributed by atoms with van der Waals surface area (Å²) in [7, 11) is -2.03. The molecule has 2 fully saturated rings. The van der Waals surface area contributed by atoms with Gasteiger partial charge in [-0.15, -0.1) is 11.6 Å². The van der Waals surface area contributed by atoms with Gasteiger partial charge in [0.2, 0.25) is 19.1 Å². The number of primary amides is 2. The number of alkyl halides is 1. The lowest BCUT2D eigenvalue weighted by Gasteiger charge is -2.30. The number of carbonyl (C=O) groups is 2. The fraction of sp³-hybridized carbons (Fsp3) is 0.321. The van der Waals surface area contributed by atoms with E-state index in [1.165, 1.54) is 23.9 Å². The average molecular weight is 1100 g/mol. The summed E-state index contributed by atoms with van der Waals surface area (Å²) in [6, 6.07) is 41.2. The van der Waals surface area contributed by atoms with Crippen LogP contribution in [0.25, 0.3) is 22.5 Å². The summed E-state index contributed by atoms with van der Waals surface area (Å²) in [6.07, 6.45) is 3.37. The van der Waals surface area contributed by atoms with E-state index >= 15 is 0 Å². The summed E-state index contributed by atoms with van der Waals surface area (Å²) < 4.78 is 57.0. The van der Waals surface area contributed by atoms with Gasteiger partial charge in [-0.3, -0.25) is 19.6 Å². The largest absolute Gasteiger partial charge is 0.457 e. The Morgan fingerprint density at radius 3 is 1.35 bits per heavy atom. The molecule has 8 rings (SSSR count). The van der Waals surface area contributed by atoms with Gasteiger partial charge in [0.15, 0.2) is 0 Å². The summed E-state index contributed by atoms with van der Waals surface area (Å²) in [5.41, 5.74) is 16.6. The normalized spacial score (nSPS) is 14.2. The number of rotatable bonds is 17. The quantitative estimate of drug-likeness (QED) is 0.0574. The van der Waals surface area contributed by atoms with Crippen molar-refractivity contribution < 1.29 is 35.9 Å². The van der Waals surface area contributed by atoms with Crippen LogP contribution in [0.2, 0.25) is 0 Å². The van der Waals surface area contributed by atoms with Crippen LogP contribution in [0.3, 0.4) is 0 Å². The number of sulfonamides is 1. The van der Waals surface area contributed by atoms with Crippen LogP contribution in [0.15, 0.2) is 145 Å². The second-order valence-corrected chi connectivity index (χ2v) is 22.5. The highest BCUT2D eigenvalue weighted by Gasteiger charge is 2.28. The molecule has 0 unspecified atom stereocenters. The van der Waals surface area contributed by atoms with E-state index in [0.717, 1.165) is 71.1 Å². The number of nitrogens with two attached hydrogens (primary N) is 2. The fourth-order valence-corrected chi connectivity index (χ4v) is 10.4. The molecule has 2 saturated heterocycles. The molecule has 2 aliphatic rings. The Kier molecular flexibility index (Phi) is 23.7. The molecule has 2 amide bonds. The third-order valence-electron chi connectivity index (χ3n) is 12.4. The molecule has 0 radical (unpaired) electrons. The number of amides is 2. The number of hydrogen-bond acceptors (Lipinski definition) is 12. The van der Waals surface area contributed by atoms with E-state index < -0.39 is 30.9 Å². The minimum atomic E-state index is -3.42. The molecule has 0 spiro atoms. The summed E-state index contributed by atoms with van der Waals surface area (Å²) in [5.74, 6) is 2.27. The first kappa shape index (κ1) is 59.7. The highest BCUT2D eigenvalue weighted by atomic mass is 35.7. The van der Waals surface area contributed by atoms with Crippen molar-refractivity contribution >= 4 is 53.2 Å². The Balaban J connectivity index is 0.000000223. The molecule has 2 aliphatic heterocycles. The minimum Gasteiger partial charge on any atom is -0.457 e. The van der Waals surface area contributed by atoms with Crippen LogP contribution in [-0.2, 0) is 19.1 Å². The monoisotopic (exact) mass is 1100 g/mol. The van der Waals surface area contributed by atoms with E-state index in [2.05, 4.69) is 37.6 Å². The van der Waals surface area contributed by atoms with Crippen LogP contribution >= 0.6 is 22.3 Å².